The average Bonchev–Trinajstić information content (AvgIpc) is 3.39. The van der Waals surface area contributed by atoms with Crippen LogP contribution in [0.4, 0.5) is 0 Å². The Kier molecular flexibility index (Phi) is 7.90. The van der Waals surface area contributed by atoms with Crippen molar-refractivity contribution in [3.05, 3.63) is 61.2 Å². The summed E-state index contributed by atoms with van der Waals surface area (Å²) in [5.41, 5.74) is -1.09. The van der Waals surface area contributed by atoms with E-state index in [-0.39, 0.29) is 30.9 Å². The third kappa shape index (κ3) is 4.50. The fourth-order valence-corrected chi connectivity index (χ4v) is 6.61. The zero-order valence-electron chi connectivity index (χ0n) is 21.8. The van der Waals surface area contributed by atoms with E-state index in [9.17, 15) is 19.5 Å². The Hall–Kier alpha value is -2.97. The van der Waals surface area contributed by atoms with E-state index >= 15 is 0 Å². The molecule has 1 aromatic carbocycles. The van der Waals surface area contributed by atoms with Gasteiger partial charge >= 0.3 is 5.97 Å². The molecule has 3 fully saturated rings. The Labute approximate surface area is 218 Å². The van der Waals surface area contributed by atoms with Gasteiger partial charge in [0.05, 0.1) is 11.5 Å². The van der Waals surface area contributed by atoms with Crippen LogP contribution in [0.3, 0.4) is 0 Å². The molecule has 6 atom stereocenters. The summed E-state index contributed by atoms with van der Waals surface area (Å²) in [4.78, 5) is 44.9. The standard InChI is InChI=1S/C29H38N2O6/c1-5-14-30(19-21-12-8-7-9-13-21)26(34)24-29-18-20(3)28(4,37-29)23(27(35)36-17-6-2)22(29)25(33)31(24)15-10-11-16-32/h5-9,12-13,20,22-24,32H,1-2,10-11,14-19H2,3-4H3/t20?,22-,23-,24?,28+,29?/m0/s1. The molecule has 3 aliphatic heterocycles. The Morgan fingerprint density at radius 2 is 1.97 bits per heavy atom. The topological polar surface area (TPSA) is 96.4 Å². The normalized spacial score (nSPS) is 31.8. The second-order valence-corrected chi connectivity index (χ2v) is 10.6. The molecule has 0 saturated carbocycles. The van der Waals surface area contributed by atoms with Crippen LogP contribution in [0.1, 0.15) is 38.7 Å². The smallest absolute Gasteiger partial charge is 0.313 e. The van der Waals surface area contributed by atoms with Gasteiger partial charge in [-0.3, -0.25) is 14.4 Å². The molecule has 3 saturated heterocycles. The van der Waals surface area contributed by atoms with Gasteiger partial charge in [0.25, 0.3) is 0 Å². The number of nitrogens with zero attached hydrogens (tertiary/aromatic N) is 2. The van der Waals surface area contributed by atoms with Crippen LogP contribution >= 0.6 is 0 Å². The first kappa shape index (κ1) is 27.1. The lowest BCUT2D eigenvalue weighted by atomic mass is 9.62. The molecule has 37 heavy (non-hydrogen) atoms. The van der Waals surface area contributed by atoms with Gasteiger partial charge in [0.2, 0.25) is 11.8 Å². The number of aliphatic hydroxyl groups is 1. The second kappa shape index (κ2) is 10.8. The number of carbonyl (C=O) groups excluding carboxylic acids is 3. The number of amides is 2. The fraction of sp³-hybridized carbons (Fsp3) is 0.552. The highest BCUT2D eigenvalue weighted by Gasteiger charge is 2.80. The van der Waals surface area contributed by atoms with Crippen LogP contribution in [-0.2, 0) is 30.4 Å². The minimum atomic E-state index is -1.13. The van der Waals surface area contributed by atoms with Crippen LogP contribution in [0.2, 0.25) is 0 Å². The molecule has 2 bridgehead atoms. The molecular weight excluding hydrogens is 472 g/mol. The molecule has 3 unspecified atom stereocenters. The Bertz CT molecular complexity index is 1040. The predicted molar refractivity (Wildman–Crippen MR) is 138 cm³/mol. The Morgan fingerprint density at radius 3 is 2.62 bits per heavy atom. The zero-order chi connectivity index (χ0) is 26.8. The summed E-state index contributed by atoms with van der Waals surface area (Å²) in [6, 6.07) is 8.79. The molecule has 3 aliphatic rings. The van der Waals surface area contributed by atoms with Crippen LogP contribution in [0, 0.1) is 17.8 Å². The van der Waals surface area contributed by atoms with Crippen molar-refractivity contribution in [1.82, 2.24) is 9.80 Å². The van der Waals surface area contributed by atoms with Gasteiger partial charge in [0.15, 0.2) is 0 Å². The third-order valence-corrected chi connectivity index (χ3v) is 8.33. The van der Waals surface area contributed by atoms with E-state index in [0.717, 1.165) is 5.56 Å². The van der Waals surface area contributed by atoms with E-state index in [1.165, 1.54) is 6.08 Å². The molecule has 200 valence electrons. The molecule has 1 spiro atoms. The maximum Gasteiger partial charge on any atom is 0.313 e. The van der Waals surface area contributed by atoms with Crippen molar-refractivity contribution < 1.29 is 29.0 Å². The first-order valence-corrected chi connectivity index (χ1v) is 13.1. The molecular formula is C29H38N2O6. The Balaban J connectivity index is 1.75. The van der Waals surface area contributed by atoms with Crippen LogP contribution in [0.25, 0.3) is 0 Å². The summed E-state index contributed by atoms with van der Waals surface area (Å²) in [6.45, 7) is 12.3. The largest absolute Gasteiger partial charge is 0.461 e. The molecule has 0 radical (unpaired) electrons. The summed E-state index contributed by atoms with van der Waals surface area (Å²) in [5, 5.41) is 9.35. The molecule has 4 rings (SSSR count). The van der Waals surface area contributed by atoms with Gasteiger partial charge in [0.1, 0.15) is 24.2 Å². The maximum absolute atomic E-state index is 14.3. The molecule has 0 aromatic heterocycles. The number of carbonyl (C=O) groups is 3. The lowest BCUT2D eigenvalue weighted by Crippen LogP contribution is -2.56. The quantitative estimate of drug-likeness (QED) is 0.264. The van der Waals surface area contributed by atoms with Crippen molar-refractivity contribution in [2.45, 2.75) is 56.9 Å². The van der Waals surface area contributed by atoms with E-state index in [1.807, 2.05) is 44.2 Å². The molecule has 3 heterocycles. The number of benzene rings is 1. The number of rotatable bonds is 12. The maximum atomic E-state index is 14.3. The lowest BCUT2D eigenvalue weighted by molar-refractivity contribution is -0.161. The van der Waals surface area contributed by atoms with Gasteiger partial charge in [-0.1, -0.05) is 56.0 Å². The molecule has 2 amide bonds. The van der Waals surface area contributed by atoms with Gasteiger partial charge in [-0.2, -0.15) is 0 Å². The summed E-state index contributed by atoms with van der Waals surface area (Å²) in [7, 11) is 0. The highest BCUT2D eigenvalue weighted by Crippen LogP contribution is 2.65. The molecule has 8 nitrogen and oxygen atoms in total. The van der Waals surface area contributed by atoms with E-state index in [2.05, 4.69) is 13.2 Å². The number of hydrogen-bond acceptors (Lipinski definition) is 6. The minimum Gasteiger partial charge on any atom is -0.461 e. The number of fused-ring (bicyclic) bond motifs is 1. The Morgan fingerprint density at radius 1 is 1.24 bits per heavy atom. The molecule has 1 N–H and O–H groups in total. The van der Waals surface area contributed by atoms with Crippen molar-refractivity contribution >= 4 is 17.8 Å². The van der Waals surface area contributed by atoms with E-state index in [4.69, 9.17) is 9.47 Å². The van der Waals surface area contributed by atoms with Crippen LogP contribution < -0.4 is 0 Å². The molecule has 1 aromatic rings. The van der Waals surface area contributed by atoms with Crippen molar-refractivity contribution in [2.75, 3.05) is 26.3 Å². The highest BCUT2D eigenvalue weighted by atomic mass is 16.6. The highest BCUT2D eigenvalue weighted by molar-refractivity contribution is 5.98. The van der Waals surface area contributed by atoms with Crippen molar-refractivity contribution in [3.63, 3.8) is 0 Å². The van der Waals surface area contributed by atoms with Gasteiger partial charge < -0.3 is 24.4 Å². The second-order valence-electron chi connectivity index (χ2n) is 10.6. The first-order valence-electron chi connectivity index (χ1n) is 13.1. The summed E-state index contributed by atoms with van der Waals surface area (Å²) >= 11 is 0. The lowest BCUT2D eigenvalue weighted by Gasteiger charge is -2.37. The van der Waals surface area contributed by atoms with Gasteiger partial charge in [0, 0.05) is 26.2 Å². The summed E-state index contributed by atoms with van der Waals surface area (Å²) in [6.07, 6.45) is 4.70. The van der Waals surface area contributed by atoms with Crippen LogP contribution in [0.15, 0.2) is 55.6 Å². The predicted octanol–water partition coefficient (Wildman–Crippen LogP) is 2.71. The summed E-state index contributed by atoms with van der Waals surface area (Å²) < 4.78 is 12.1. The van der Waals surface area contributed by atoms with E-state index < -0.39 is 35.0 Å². The minimum absolute atomic E-state index is 0.00603. The number of hydrogen-bond donors (Lipinski definition) is 1. The van der Waals surface area contributed by atoms with Gasteiger partial charge in [-0.15, -0.1) is 6.58 Å². The van der Waals surface area contributed by atoms with Gasteiger partial charge in [-0.05, 0) is 37.7 Å². The zero-order valence-corrected chi connectivity index (χ0v) is 21.8. The summed E-state index contributed by atoms with van der Waals surface area (Å²) in [5.74, 6) is -2.66. The number of unbranched alkanes of at least 4 members (excludes halogenated alkanes) is 1. The number of likely N-dealkylation sites (tertiary alicyclic amines) is 1. The van der Waals surface area contributed by atoms with Crippen molar-refractivity contribution in [1.29, 1.82) is 0 Å². The number of aliphatic hydroxyl groups excluding tert-OH is 1. The van der Waals surface area contributed by atoms with Crippen molar-refractivity contribution in [3.8, 4) is 0 Å². The number of esters is 1. The average molecular weight is 511 g/mol. The SMILES string of the molecule is C=CCOC(=O)[C@@H]1[C@H]2C(=O)N(CCCCO)C(C(=O)N(CC=C)Cc3ccccc3)C23CC(C)[C@@]1(C)O3. The third-order valence-electron chi connectivity index (χ3n) is 8.33. The van der Waals surface area contributed by atoms with E-state index in [0.29, 0.717) is 38.9 Å². The van der Waals surface area contributed by atoms with Crippen LogP contribution in [-0.4, -0.2) is 76.2 Å². The van der Waals surface area contributed by atoms with Gasteiger partial charge in [-0.25, -0.2) is 0 Å². The molecule has 0 aliphatic carbocycles. The fourth-order valence-electron chi connectivity index (χ4n) is 6.61. The first-order chi connectivity index (χ1) is 17.7. The van der Waals surface area contributed by atoms with Crippen LogP contribution in [0.5, 0.6) is 0 Å². The van der Waals surface area contributed by atoms with Crippen molar-refractivity contribution in [2.24, 2.45) is 17.8 Å². The number of ether oxygens (including phenoxy) is 2. The monoisotopic (exact) mass is 510 g/mol. The molecule has 8 heteroatoms. The van der Waals surface area contributed by atoms with E-state index in [1.54, 1.807) is 15.9 Å².